The summed E-state index contributed by atoms with van der Waals surface area (Å²) in [4.78, 5) is 3.98. The lowest BCUT2D eigenvalue weighted by Crippen LogP contribution is -2.00. The van der Waals surface area contributed by atoms with Crippen molar-refractivity contribution in [1.29, 1.82) is 0 Å². The highest BCUT2D eigenvalue weighted by Gasteiger charge is 2.08. The first-order valence-corrected chi connectivity index (χ1v) is 5.49. The van der Waals surface area contributed by atoms with E-state index >= 15 is 0 Å². The van der Waals surface area contributed by atoms with Crippen LogP contribution in [0.25, 0.3) is 5.69 Å². The highest BCUT2D eigenvalue weighted by molar-refractivity contribution is 6.32. The minimum atomic E-state index is 0.106. The molecule has 16 heavy (non-hydrogen) atoms. The van der Waals surface area contributed by atoms with Gasteiger partial charge >= 0.3 is 0 Å². The Labute approximate surface area is 99.3 Å². The Bertz CT molecular complexity index is 468. The van der Waals surface area contributed by atoms with Gasteiger partial charge in [-0.1, -0.05) is 24.6 Å². The van der Waals surface area contributed by atoms with Crippen LogP contribution in [0.5, 0.6) is 0 Å². The SMILES string of the molecule is CC(CO)c1ccc(-n2ccnc2)c(Cl)c1. The van der Waals surface area contributed by atoms with Gasteiger partial charge < -0.3 is 9.67 Å². The topological polar surface area (TPSA) is 38.0 Å². The quantitative estimate of drug-likeness (QED) is 0.890. The standard InChI is InChI=1S/C12H13ClN2O/c1-9(7-16)10-2-3-12(11(13)6-10)15-5-4-14-8-15/h2-6,8-9,16H,7H2,1H3. The van der Waals surface area contributed by atoms with Crippen LogP contribution in [-0.4, -0.2) is 21.3 Å². The fourth-order valence-electron chi connectivity index (χ4n) is 1.55. The van der Waals surface area contributed by atoms with E-state index in [0.717, 1.165) is 11.3 Å². The van der Waals surface area contributed by atoms with Crippen molar-refractivity contribution in [3.8, 4) is 5.69 Å². The number of nitrogens with zero attached hydrogens (tertiary/aromatic N) is 2. The molecular weight excluding hydrogens is 224 g/mol. The van der Waals surface area contributed by atoms with E-state index in [1.54, 1.807) is 12.5 Å². The van der Waals surface area contributed by atoms with Crippen LogP contribution in [0, 0.1) is 0 Å². The predicted molar refractivity (Wildman–Crippen MR) is 64.1 cm³/mol. The molecule has 0 aliphatic carbocycles. The van der Waals surface area contributed by atoms with Crippen LogP contribution in [0.2, 0.25) is 5.02 Å². The zero-order chi connectivity index (χ0) is 11.5. The number of aromatic nitrogens is 2. The van der Waals surface area contributed by atoms with Crippen molar-refractivity contribution >= 4 is 11.6 Å². The highest BCUT2D eigenvalue weighted by Crippen LogP contribution is 2.25. The number of rotatable bonds is 3. The zero-order valence-corrected chi connectivity index (χ0v) is 9.72. The molecule has 0 aliphatic rings. The fraction of sp³-hybridized carbons (Fsp3) is 0.250. The molecule has 1 N–H and O–H groups in total. The van der Waals surface area contributed by atoms with Crippen LogP contribution in [0.1, 0.15) is 18.4 Å². The molecule has 84 valence electrons. The van der Waals surface area contributed by atoms with Crippen molar-refractivity contribution in [3.63, 3.8) is 0 Å². The smallest absolute Gasteiger partial charge is 0.0992 e. The first kappa shape index (κ1) is 11.2. The molecule has 0 radical (unpaired) electrons. The van der Waals surface area contributed by atoms with Gasteiger partial charge in [0.25, 0.3) is 0 Å². The van der Waals surface area contributed by atoms with Gasteiger partial charge in [0, 0.05) is 24.9 Å². The maximum absolute atomic E-state index is 9.07. The number of benzene rings is 1. The first-order valence-electron chi connectivity index (χ1n) is 5.11. The number of aliphatic hydroxyl groups is 1. The molecule has 1 aromatic carbocycles. The largest absolute Gasteiger partial charge is 0.396 e. The average molecular weight is 237 g/mol. The number of imidazole rings is 1. The summed E-state index contributed by atoms with van der Waals surface area (Å²) in [5.41, 5.74) is 1.93. The third-order valence-corrected chi connectivity index (χ3v) is 2.90. The normalized spacial score (nSPS) is 12.7. The number of halogens is 1. The Morgan fingerprint density at radius 2 is 2.31 bits per heavy atom. The van der Waals surface area contributed by atoms with Gasteiger partial charge in [0.2, 0.25) is 0 Å². The molecule has 0 bridgehead atoms. The van der Waals surface area contributed by atoms with Crippen LogP contribution in [0.3, 0.4) is 0 Å². The van der Waals surface area contributed by atoms with Gasteiger partial charge in [-0.3, -0.25) is 0 Å². The van der Waals surface area contributed by atoms with Gasteiger partial charge in [0.15, 0.2) is 0 Å². The summed E-state index contributed by atoms with van der Waals surface area (Å²) in [5, 5.41) is 9.74. The van der Waals surface area contributed by atoms with E-state index in [1.165, 1.54) is 0 Å². The lowest BCUT2D eigenvalue weighted by Gasteiger charge is -2.11. The van der Waals surface area contributed by atoms with E-state index in [4.69, 9.17) is 16.7 Å². The molecule has 0 saturated heterocycles. The van der Waals surface area contributed by atoms with Crippen molar-refractivity contribution in [3.05, 3.63) is 47.5 Å². The van der Waals surface area contributed by atoms with Gasteiger partial charge in [-0.05, 0) is 17.7 Å². The summed E-state index contributed by atoms with van der Waals surface area (Å²) in [6.45, 7) is 2.09. The van der Waals surface area contributed by atoms with Gasteiger partial charge in [0.05, 0.1) is 17.0 Å². The second-order valence-corrected chi connectivity index (χ2v) is 4.17. The van der Waals surface area contributed by atoms with E-state index < -0.39 is 0 Å². The number of hydrogen-bond acceptors (Lipinski definition) is 2. The van der Waals surface area contributed by atoms with Crippen LogP contribution in [0.15, 0.2) is 36.9 Å². The van der Waals surface area contributed by atoms with Crippen LogP contribution >= 0.6 is 11.6 Å². The molecule has 0 spiro atoms. The van der Waals surface area contributed by atoms with Gasteiger partial charge in [-0.2, -0.15) is 0 Å². The van der Waals surface area contributed by atoms with Crippen molar-refractivity contribution in [2.45, 2.75) is 12.8 Å². The van der Waals surface area contributed by atoms with E-state index in [9.17, 15) is 0 Å². The lowest BCUT2D eigenvalue weighted by molar-refractivity contribution is 0.273. The van der Waals surface area contributed by atoms with Crippen LogP contribution in [0.4, 0.5) is 0 Å². The lowest BCUT2D eigenvalue weighted by atomic mass is 10.0. The van der Waals surface area contributed by atoms with E-state index in [0.29, 0.717) is 5.02 Å². The molecule has 0 amide bonds. The van der Waals surface area contributed by atoms with Crippen molar-refractivity contribution < 1.29 is 5.11 Å². The summed E-state index contributed by atoms with van der Waals surface area (Å²) in [5.74, 6) is 0.106. The first-order chi connectivity index (χ1) is 7.72. The Balaban J connectivity index is 2.37. The predicted octanol–water partition coefficient (Wildman–Crippen LogP) is 2.62. The summed E-state index contributed by atoms with van der Waals surface area (Å²) < 4.78 is 1.86. The molecule has 3 nitrogen and oxygen atoms in total. The molecule has 2 aromatic rings. The molecule has 2 rings (SSSR count). The van der Waals surface area contributed by atoms with Crippen molar-refractivity contribution in [2.75, 3.05) is 6.61 Å². The Morgan fingerprint density at radius 1 is 1.50 bits per heavy atom. The number of hydrogen-bond donors (Lipinski definition) is 1. The average Bonchev–Trinajstić information content (AvgIpc) is 2.81. The molecule has 0 fully saturated rings. The summed E-state index contributed by atoms with van der Waals surface area (Å²) >= 11 is 6.19. The van der Waals surface area contributed by atoms with Crippen molar-refractivity contribution in [1.82, 2.24) is 9.55 Å². The Morgan fingerprint density at radius 3 is 2.88 bits per heavy atom. The third-order valence-electron chi connectivity index (χ3n) is 2.60. The third kappa shape index (κ3) is 2.10. The van der Waals surface area contributed by atoms with Gasteiger partial charge in [0.1, 0.15) is 0 Å². The molecule has 1 aromatic heterocycles. The Hall–Kier alpha value is -1.32. The monoisotopic (exact) mass is 236 g/mol. The fourth-order valence-corrected chi connectivity index (χ4v) is 1.83. The van der Waals surface area contributed by atoms with Crippen LogP contribution in [-0.2, 0) is 0 Å². The summed E-state index contributed by atoms with van der Waals surface area (Å²) in [7, 11) is 0. The van der Waals surface area contributed by atoms with Crippen LogP contribution < -0.4 is 0 Å². The minimum Gasteiger partial charge on any atom is -0.396 e. The highest BCUT2D eigenvalue weighted by atomic mass is 35.5. The molecular formula is C12H13ClN2O. The summed E-state index contributed by atoms with van der Waals surface area (Å²) in [6.07, 6.45) is 5.26. The maximum Gasteiger partial charge on any atom is 0.0992 e. The zero-order valence-electron chi connectivity index (χ0n) is 8.97. The molecule has 1 atom stereocenters. The van der Waals surface area contributed by atoms with Crippen molar-refractivity contribution in [2.24, 2.45) is 0 Å². The second kappa shape index (κ2) is 4.68. The molecule has 1 heterocycles. The van der Waals surface area contributed by atoms with Gasteiger partial charge in [-0.25, -0.2) is 4.98 Å². The Kier molecular flexibility index (Phi) is 3.27. The van der Waals surface area contributed by atoms with E-state index in [2.05, 4.69) is 4.98 Å². The molecule has 4 heteroatoms. The minimum absolute atomic E-state index is 0.106. The maximum atomic E-state index is 9.07. The van der Waals surface area contributed by atoms with Gasteiger partial charge in [-0.15, -0.1) is 0 Å². The van der Waals surface area contributed by atoms with E-state index in [1.807, 2.05) is 35.9 Å². The van der Waals surface area contributed by atoms with E-state index in [-0.39, 0.29) is 12.5 Å². The molecule has 1 unspecified atom stereocenters. The summed E-state index contributed by atoms with van der Waals surface area (Å²) in [6, 6.07) is 5.80. The number of aliphatic hydroxyl groups excluding tert-OH is 1. The molecule has 0 saturated carbocycles. The second-order valence-electron chi connectivity index (χ2n) is 3.76. The molecule has 0 aliphatic heterocycles.